The molecule has 0 aromatic heterocycles. The smallest absolute Gasteiger partial charge is 0.333 e. The van der Waals surface area contributed by atoms with E-state index in [0.29, 0.717) is 5.56 Å². The van der Waals surface area contributed by atoms with Gasteiger partial charge in [0.1, 0.15) is 11.5 Å². The minimum Gasteiger partial charge on any atom is -0.508 e. The first-order valence-corrected chi connectivity index (χ1v) is 7.61. The molecule has 25 heavy (non-hydrogen) atoms. The van der Waals surface area contributed by atoms with Gasteiger partial charge in [-0.25, -0.2) is 4.79 Å². The molecule has 0 saturated heterocycles. The summed E-state index contributed by atoms with van der Waals surface area (Å²) in [5, 5.41) is 21.2. The molecule has 5 N–H and O–H groups in total. The minimum atomic E-state index is -1.02. The number of nitrogens with one attached hydrogen (secondary N) is 1. The van der Waals surface area contributed by atoms with Crippen LogP contribution in [0.3, 0.4) is 0 Å². The number of amides is 1. The zero-order valence-corrected chi connectivity index (χ0v) is 13.7. The highest BCUT2D eigenvalue weighted by Gasteiger charge is 2.26. The van der Waals surface area contributed by atoms with Gasteiger partial charge in [0.2, 0.25) is 5.91 Å². The molecular formula is C18H20N2O5. The third-order valence-electron chi connectivity index (χ3n) is 3.68. The average Bonchev–Trinajstić information content (AvgIpc) is 2.61. The van der Waals surface area contributed by atoms with Crippen LogP contribution in [-0.4, -0.2) is 35.2 Å². The monoisotopic (exact) mass is 344 g/mol. The molecule has 2 rings (SSSR count). The topological polar surface area (TPSA) is 122 Å². The Morgan fingerprint density at radius 2 is 1.56 bits per heavy atom. The molecule has 2 aromatic carbocycles. The van der Waals surface area contributed by atoms with Crippen molar-refractivity contribution in [3.63, 3.8) is 0 Å². The van der Waals surface area contributed by atoms with Gasteiger partial charge < -0.3 is 26.0 Å². The first kappa shape index (κ1) is 18.3. The number of esters is 1. The molecule has 132 valence electrons. The van der Waals surface area contributed by atoms with Crippen LogP contribution in [0.5, 0.6) is 11.5 Å². The molecule has 0 bridgehead atoms. The lowest BCUT2D eigenvalue weighted by Gasteiger charge is -2.19. The van der Waals surface area contributed by atoms with E-state index in [1.165, 1.54) is 43.5 Å². The maximum atomic E-state index is 12.3. The second-order valence-corrected chi connectivity index (χ2v) is 5.53. The molecule has 7 nitrogen and oxygen atoms in total. The van der Waals surface area contributed by atoms with Crippen molar-refractivity contribution in [2.75, 3.05) is 7.11 Å². The van der Waals surface area contributed by atoms with E-state index in [1.807, 2.05) is 0 Å². The fourth-order valence-corrected chi connectivity index (χ4v) is 2.29. The average molecular weight is 344 g/mol. The predicted octanol–water partition coefficient (Wildman–Crippen LogP) is 0.998. The summed E-state index contributed by atoms with van der Waals surface area (Å²) in [5.74, 6) is -0.991. The van der Waals surface area contributed by atoms with Crippen LogP contribution in [-0.2, 0) is 20.7 Å². The number of hydrogen-bond donors (Lipinski definition) is 4. The number of nitrogens with two attached hydrogens (primary N) is 1. The molecule has 0 heterocycles. The van der Waals surface area contributed by atoms with E-state index in [-0.39, 0.29) is 17.9 Å². The molecule has 0 fully saturated rings. The van der Waals surface area contributed by atoms with Crippen LogP contribution in [0.1, 0.15) is 17.2 Å². The van der Waals surface area contributed by atoms with Crippen LogP contribution < -0.4 is 11.1 Å². The number of aromatic hydroxyl groups is 2. The summed E-state index contributed by atoms with van der Waals surface area (Å²) in [7, 11) is 1.22. The van der Waals surface area contributed by atoms with Crippen molar-refractivity contribution < 1.29 is 24.5 Å². The molecule has 7 heteroatoms. The van der Waals surface area contributed by atoms with Gasteiger partial charge in [-0.3, -0.25) is 4.79 Å². The summed E-state index contributed by atoms with van der Waals surface area (Å²) in [6.45, 7) is 0. The van der Waals surface area contributed by atoms with Crippen molar-refractivity contribution >= 4 is 11.9 Å². The van der Waals surface area contributed by atoms with E-state index >= 15 is 0 Å². The van der Waals surface area contributed by atoms with E-state index in [0.717, 1.165) is 5.56 Å². The van der Waals surface area contributed by atoms with Crippen molar-refractivity contribution in [1.29, 1.82) is 0 Å². The van der Waals surface area contributed by atoms with E-state index in [4.69, 9.17) is 10.5 Å². The number of phenols is 2. The highest BCUT2D eigenvalue weighted by molar-refractivity contribution is 5.88. The second kappa shape index (κ2) is 8.16. The summed E-state index contributed by atoms with van der Waals surface area (Å²) < 4.78 is 4.72. The van der Waals surface area contributed by atoms with Gasteiger partial charge in [0.15, 0.2) is 6.04 Å². The van der Waals surface area contributed by atoms with Crippen molar-refractivity contribution in [2.24, 2.45) is 5.73 Å². The lowest BCUT2D eigenvalue weighted by Crippen LogP contribution is -2.45. The first-order valence-electron chi connectivity index (χ1n) is 7.61. The normalized spacial score (nSPS) is 12.9. The van der Waals surface area contributed by atoms with Crippen LogP contribution in [0, 0.1) is 0 Å². The van der Waals surface area contributed by atoms with Gasteiger partial charge in [-0.2, -0.15) is 0 Å². The Bertz CT molecular complexity index is 728. The number of benzene rings is 2. The van der Waals surface area contributed by atoms with Gasteiger partial charge in [-0.1, -0.05) is 24.3 Å². The molecule has 0 aliphatic rings. The van der Waals surface area contributed by atoms with Crippen LogP contribution in [0.15, 0.2) is 48.5 Å². The van der Waals surface area contributed by atoms with Gasteiger partial charge in [-0.15, -0.1) is 0 Å². The van der Waals surface area contributed by atoms with Crippen LogP contribution in [0.2, 0.25) is 0 Å². The summed E-state index contributed by atoms with van der Waals surface area (Å²) >= 11 is 0. The van der Waals surface area contributed by atoms with Gasteiger partial charge in [0, 0.05) is 0 Å². The largest absolute Gasteiger partial charge is 0.508 e. The minimum absolute atomic E-state index is 0.0442. The molecule has 0 saturated carbocycles. The number of carbonyl (C=O) groups is 2. The molecule has 0 aliphatic heterocycles. The van der Waals surface area contributed by atoms with E-state index in [9.17, 15) is 19.8 Å². The number of ether oxygens (including phenoxy) is 1. The highest BCUT2D eigenvalue weighted by Crippen LogP contribution is 2.18. The molecule has 2 aromatic rings. The Morgan fingerprint density at radius 1 is 1.04 bits per heavy atom. The van der Waals surface area contributed by atoms with E-state index in [1.54, 1.807) is 12.1 Å². The molecule has 0 spiro atoms. The molecule has 0 unspecified atom stereocenters. The van der Waals surface area contributed by atoms with Crippen LogP contribution in [0.25, 0.3) is 0 Å². The van der Waals surface area contributed by atoms with Crippen LogP contribution in [0.4, 0.5) is 0 Å². The number of hydrogen-bond acceptors (Lipinski definition) is 6. The zero-order valence-electron chi connectivity index (χ0n) is 13.7. The Hall–Kier alpha value is -3.06. The summed E-state index contributed by atoms with van der Waals surface area (Å²) in [4.78, 5) is 24.3. The lowest BCUT2D eigenvalue weighted by molar-refractivity contribution is -0.145. The third kappa shape index (κ3) is 4.95. The molecule has 2 atom stereocenters. The summed E-state index contributed by atoms with van der Waals surface area (Å²) in [6, 6.07) is 10.3. The van der Waals surface area contributed by atoms with Gasteiger partial charge in [0.05, 0.1) is 13.2 Å². The van der Waals surface area contributed by atoms with Crippen molar-refractivity contribution in [2.45, 2.75) is 18.5 Å². The van der Waals surface area contributed by atoms with E-state index < -0.39 is 24.0 Å². The first-order chi connectivity index (χ1) is 11.9. The maximum Gasteiger partial charge on any atom is 0.333 e. The quantitative estimate of drug-likeness (QED) is 0.580. The predicted molar refractivity (Wildman–Crippen MR) is 90.8 cm³/mol. The van der Waals surface area contributed by atoms with E-state index in [2.05, 4.69) is 5.32 Å². The SMILES string of the molecule is COC(=O)[C@H](NC(=O)[C@@H](N)Cc1ccc(O)cc1)c1ccc(O)cc1. The van der Waals surface area contributed by atoms with Crippen LogP contribution >= 0.6 is 0 Å². The molecule has 1 amide bonds. The van der Waals surface area contributed by atoms with Gasteiger partial charge in [0.25, 0.3) is 0 Å². The Labute approximate surface area is 145 Å². The summed E-state index contributed by atoms with van der Waals surface area (Å²) in [5.41, 5.74) is 7.16. The standard InChI is InChI=1S/C18H20N2O5/c1-25-18(24)16(12-4-8-14(22)9-5-12)20-17(23)15(19)10-11-2-6-13(21)7-3-11/h2-9,15-16,21-22H,10,19H2,1H3,(H,20,23)/t15-,16+/m0/s1. The van der Waals surface area contributed by atoms with Gasteiger partial charge >= 0.3 is 5.97 Å². The van der Waals surface area contributed by atoms with Crippen molar-refractivity contribution in [1.82, 2.24) is 5.32 Å². The summed E-state index contributed by atoms with van der Waals surface area (Å²) in [6.07, 6.45) is 0.246. The second-order valence-electron chi connectivity index (χ2n) is 5.53. The number of rotatable bonds is 6. The molecule has 0 aliphatic carbocycles. The molecule has 0 radical (unpaired) electrons. The zero-order chi connectivity index (χ0) is 18.4. The number of carbonyl (C=O) groups excluding carboxylic acids is 2. The third-order valence-corrected chi connectivity index (χ3v) is 3.68. The Balaban J connectivity index is 2.09. The lowest BCUT2D eigenvalue weighted by atomic mass is 10.0. The van der Waals surface area contributed by atoms with Crippen molar-refractivity contribution in [3.05, 3.63) is 59.7 Å². The fourth-order valence-electron chi connectivity index (χ4n) is 2.29. The highest BCUT2D eigenvalue weighted by atomic mass is 16.5. The van der Waals surface area contributed by atoms with Gasteiger partial charge in [-0.05, 0) is 41.8 Å². The van der Waals surface area contributed by atoms with Crippen molar-refractivity contribution in [3.8, 4) is 11.5 Å². The molecular weight excluding hydrogens is 324 g/mol. The fraction of sp³-hybridized carbons (Fsp3) is 0.222. The number of phenolic OH excluding ortho intramolecular Hbond substituents is 2. The number of methoxy groups -OCH3 is 1. The Morgan fingerprint density at radius 3 is 2.08 bits per heavy atom. The maximum absolute atomic E-state index is 12.3. The Kier molecular flexibility index (Phi) is 5.97.